The molecule has 4 rings (SSSR count). The van der Waals surface area contributed by atoms with Crippen molar-refractivity contribution in [3.63, 3.8) is 0 Å². The van der Waals surface area contributed by atoms with Crippen molar-refractivity contribution in [1.29, 1.82) is 0 Å². The first kappa shape index (κ1) is 33.5. The number of hydrogen-bond acceptors (Lipinski definition) is 5. The smallest absolute Gasteiger partial charge is 0.264 e. The van der Waals surface area contributed by atoms with Crippen LogP contribution in [0.1, 0.15) is 24.5 Å². The summed E-state index contributed by atoms with van der Waals surface area (Å²) in [5.74, 6) is -1.12. The number of methoxy groups -OCH3 is 1. The Morgan fingerprint density at radius 3 is 2.20 bits per heavy atom. The summed E-state index contributed by atoms with van der Waals surface area (Å²) in [5.41, 5.74) is 1.56. The number of rotatable bonds is 14. The first-order valence-electron chi connectivity index (χ1n) is 14.4. The lowest BCUT2D eigenvalue weighted by atomic mass is 10.0. The number of ether oxygens (including phenoxy) is 1. The maximum absolute atomic E-state index is 14.4. The van der Waals surface area contributed by atoms with E-state index in [0.717, 1.165) is 22.0 Å². The van der Waals surface area contributed by atoms with Gasteiger partial charge in [0.2, 0.25) is 11.8 Å². The molecule has 0 saturated carbocycles. The molecule has 0 aliphatic carbocycles. The van der Waals surface area contributed by atoms with E-state index in [2.05, 4.69) is 5.32 Å². The van der Waals surface area contributed by atoms with E-state index in [-0.39, 0.29) is 29.5 Å². The van der Waals surface area contributed by atoms with Crippen molar-refractivity contribution in [1.82, 2.24) is 10.2 Å². The third-order valence-electron chi connectivity index (χ3n) is 7.10. The zero-order chi connectivity index (χ0) is 32.4. The van der Waals surface area contributed by atoms with Crippen molar-refractivity contribution >= 4 is 39.1 Å². The highest BCUT2D eigenvalue weighted by Crippen LogP contribution is 2.27. The quantitative estimate of drug-likeness (QED) is 0.185. The first-order chi connectivity index (χ1) is 21.6. The molecule has 8 nitrogen and oxygen atoms in total. The van der Waals surface area contributed by atoms with Crippen molar-refractivity contribution in [3.05, 3.63) is 125 Å². The largest absolute Gasteiger partial charge is 0.497 e. The van der Waals surface area contributed by atoms with Crippen molar-refractivity contribution < 1.29 is 27.1 Å². The van der Waals surface area contributed by atoms with Crippen LogP contribution < -0.4 is 14.4 Å². The predicted octanol–water partition coefficient (Wildman–Crippen LogP) is 5.85. The molecule has 236 valence electrons. The molecule has 1 atom stereocenters. The van der Waals surface area contributed by atoms with Gasteiger partial charge in [0, 0.05) is 24.5 Å². The van der Waals surface area contributed by atoms with Gasteiger partial charge < -0.3 is 15.0 Å². The van der Waals surface area contributed by atoms with Gasteiger partial charge in [0.25, 0.3) is 10.0 Å². The minimum Gasteiger partial charge on any atom is -0.497 e. The number of sulfonamides is 1. The lowest BCUT2D eigenvalue weighted by Crippen LogP contribution is -2.53. The molecule has 1 N–H and O–H groups in total. The van der Waals surface area contributed by atoms with E-state index in [4.69, 9.17) is 16.3 Å². The number of hydrogen-bond donors (Lipinski definition) is 1. The Bertz CT molecular complexity index is 1690. The fourth-order valence-electron chi connectivity index (χ4n) is 4.76. The van der Waals surface area contributed by atoms with E-state index in [9.17, 15) is 22.4 Å². The SMILES string of the molecule is CCCNC(=O)C(Cc1ccccc1)N(Cc1cccc(Cl)c1)C(=O)CN(c1ccc(F)cc1)S(=O)(=O)c1ccc(OC)cc1. The van der Waals surface area contributed by atoms with Gasteiger partial charge in [-0.25, -0.2) is 12.8 Å². The summed E-state index contributed by atoms with van der Waals surface area (Å²) in [7, 11) is -2.87. The number of amides is 2. The molecule has 4 aromatic carbocycles. The monoisotopic (exact) mass is 651 g/mol. The Hall–Kier alpha value is -4.41. The molecule has 4 aromatic rings. The zero-order valence-corrected chi connectivity index (χ0v) is 26.6. The topological polar surface area (TPSA) is 96.0 Å². The summed E-state index contributed by atoms with van der Waals surface area (Å²) in [6.07, 6.45) is 0.870. The van der Waals surface area contributed by atoms with Crippen LogP contribution in [0, 0.1) is 5.82 Å². The van der Waals surface area contributed by atoms with Crippen LogP contribution in [0.4, 0.5) is 10.1 Å². The van der Waals surface area contributed by atoms with Crippen LogP contribution >= 0.6 is 11.6 Å². The third kappa shape index (κ3) is 8.83. The van der Waals surface area contributed by atoms with Crippen LogP contribution in [0.5, 0.6) is 5.75 Å². The average molecular weight is 652 g/mol. The number of carbonyl (C=O) groups is 2. The van der Waals surface area contributed by atoms with Crippen molar-refractivity contribution in [2.45, 2.75) is 37.2 Å². The van der Waals surface area contributed by atoms with Crippen molar-refractivity contribution in [2.24, 2.45) is 0 Å². The van der Waals surface area contributed by atoms with Gasteiger partial charge in [0.1, 0.15) is 24.2 Å². The van der Waals surface area contributed by atoms with Crippen LogP contribution in [0.2, 0.25) is 5.02 Å². The van der Waals surface area contributed by atoms with Crippen LogP contribution in [0.3, 0.4) is 0 Å². The van der Waals surface area contributed by atoms with E-state index in [0.29, 0.717) is 29.3 Å². The highest BCUT2D eigenvalue weighted by Gasteiger charge is 2.34. The van der Waals surface area contributed by atoms with E-state index in [1.807, 2.05) is 37.3 Å². The molecular formula is C34H35ClFN3O5S. The Morgan fingerprint density at radius 2 is 1.58 bits per heavy atom. The van der Waals surface area contributed by atoms with Gasteiger partial charge >= 0.3 is 0 Å². The minimum atomic E-state index is -4.33. The fourth-order valence-corrected chi connectivity index (χ4v) is 6.39. The van der Waals surface area contributed by atoms with Crippen LogP contribution in [0.15, 0.2) is 108 Å². The molecule has 0 aromatic heterocycles. The maximum atomic E-state index is 14.4. The predicted molar refractivity (Wildman–Crippen MR) is 173 cm³/mol. The summed E-state index contributed by atoms with van der Waals surface area (Å²) >= 11 is 6.26. The number of benzene rings is 4. The average Bonchev–Trinajstić information content (AvgIpc) is 3.05. The van der Waals surface area contributed by atoms with E-state index in [1.165, 1.54) is 48.4 Å². The van der Waals surface area contributed by atoms with Gasteiger partial charge in [-0.1, -0.05) is 61.0 Å². The van der Waals surface area contributed by atoms with Gasteiger partial charge in [0.15, 0.2) is 0 Å². The van der Waals surface area contributed by atoms with E-state index in [1.54, 1.807) is 24.3 Å². The molecule has 2 amide bonds. The minimum absolute atomic E-state index is 0.0176. The molecule has 0 aliphatic heterocycles. The molecular weight excluding hydrogens is 617 g/mol. The molecule has 0 bridgehead atoms. The van der Waals surface area contributed by atoms with E-state index < -0.39 is 34.3 Å². The first-order valence-corrected chi connectivity index (χ1v) is 16.2. The molecule has 0 aliphatic rings. The number of anilines is 1. The molecule has 0 radical (unpaired) electrons. The van der Waals surface area contributed by atoms with Gasteiger partial charge in [-0.3, -0.25) is 13.9 Å². The second-order valence-electron chi connectivity index (χ2n) is 10.3. The Labute approximate surface area is 268 Å². The molecule has 0 saturated heterocycles. The number of carbonyl (C=O) groups excluding carboxylic acids is 2. The number of nitrogens with zero attached hydrogens (tertiary/aromatic N) is 2. The highest BCUT2D eigenvalue weighted by atomic mass is 35.5. The van der Waals surface area contributed by atoms with Crippen molar-refractivity contribution in [3.8, 4) is 5.75 Å². The van der Waals surface area contributed by atoms with E-state index >= 15 is 0 Å². The van der Waals surface area contributed by atoms with Crippen LogP contribution in [-0.2, 0) is 32.6 Å². The summed E-state index contributed by atoms with van der Waals surface area (Å²) in [5, 5.41) is 3.35. The summed E-state index contributed by atoms with van der Waals surface area (Å²) in [6, 6.07) is 25.8. The van der Waals surface area contributed by atoms with Crippen LogP contribution in [0.25, 0.3) is 0 Å². The molecule has 45 heavy (non-hydrogen) atoms. The Kier molecular flexibility index (Phi) is 11.6. The van der Waals surface area contributed by atoms with Crippen molar-refractivity contribution in [2.75, 3.05) is 24.5 Å². The Morgan fingerprint density at radius 1 is 0.911 bits per heavy atom. The molecule has 11 heteroatoms. The van der Waals surface area contributed by atoms with Gasteiger partial charge in [-0.15, -0.1) is 0 Å². The highest BCUT2D eigenvalue weighted by molar-refractivity contribution is 7.92. The molecule has 0 fully saturated rings. The van der Waals surface area contributed by atoms with Gasteiger partial charge in [0.05, 0.1) is 17.7 Å². The standard InChI is InChI=1S/C34H35ClFN3O5S/c1-3-20-37-34(41)32(22-25-8-5-4-6-9-25)38(23-26-10-7-11-27(35)21-26)33(40)24-39(29-14-12-28(36)13-15-29)45(42,43)31-18-16-30(44-2)17-19-31/h4-19,21,32H,3,20,22-24H2,1-2H3,(H,37,41). The summed E-state index contributed by atoms with van der Waals surface area (Å²) in [6.45, 7) is 1.64. The molecule has 0 spiro atoms. The fraction of sp³-hybridized carbons (Fsp3) is 0.235. The molecule has 1 unspecified atom stereocenters. The third-order valence-corrected chi connectivity index (χ3v) is 9.13. The molecule has 0 heterocycles. The second kappa shape index (κ2) is 15.5. The second-order valence-corrected chi connectivity index (χ2v) is 12.6. The summed E-state index contributed by atoms with van der Waals surface area (Å²) < 4.78 is 48.1. The normalized spacial score (nSPS) is 11.8. The van der Waals surface area contributed by atoms with Crippen LogP contribution in [-0.4, -0.2) is 51.4 Å². The lowest BCUT2D eigenvalue weighted by Gasteiger charge is -2.34. The number of halogens is 2. The van der Waals surface area contributed by atoms with Gasteiger partial charge in [-0.05, 0) is 78.2 Å². The van der Waals surface area contributed by atoms with Gasteiger partial charge in [-0.2, -0.15) is 0 Å². The summed E-state index contributed by atoms with van der Waals surface area (Å²) in [4.78, 5) is 29.3. The number of nitrogens with one attached hydrogen (secondary N) is 1. The Balaban J connectivity index is 1.79. The zero-order valence-electron chi connectivity index (χ0n) is 25.0. The maximum Gasteiger partial charge on any atom is 0.264 e. The lowest BCUT2D eigenvalue weighted by molar-refractivity contribution is -0.140.